The molecule has 0 spiro atoms. The van der Waals surface area contributed by atoms with Crippen molar-refractivity contribution in [3.63, 3.8) is 0 Å². The lowest BCUT2D eigenvalue weighted by molar-refractivity contribution is -0.122. The first-order chi connectivity index (χ1) is 9.58. The zero-order chi connectivity index (χ0) is 14.5. The zero-order valence-corrected chi connectivity index (χ0v) is 12.2. The maximum atomic E-state index is 12.1. The molecule has 1 fully saturated rings. The van der Waals surface area contributed by atoms with Crippen LogP contribution in [-0.4, -0.2) is 34.9 Å². The van der Waals surface area contributed by atoms with E-state index in [2.05, 4.69) is 10.6 Å². The van der Waals surface area contributed by atoms with Crippen LogP contribution in [0.5, 0.6) is 0 Å². The summed E-state index contributed by atoms with van der Waals surface area (Å²) in [5, 5.41) is 5.53. The highest BCUT2D eigenvalue weighted by atomic mass is 32.2. The van der Waals surface area contributed by atoms with Gasteiger partial charge in [-0.15, -0.1) is 0 Å². The quantitative estimate of drug-likeness (QED) is 0.867. The van der Waals surface area contributed by atoms with Crippen molar-refractivity contribution in [3.8, 4) is 0 Å². The van der Waals surface area contributed by atoms with Crippen molar-refractivity contribution in [2.45, 2.75) is 30.2 Å². The molecule has 108 valence electrons. The maximum Gasteiger partial charge on any atom is 0.251 e. The number of hydrogen-bond acceptors (Lipinski definition) is 3. The molecule has 1 aliphatic rings. The summed E-state index contributed by atoms with van der Waals surface area (Å²) in [6, 6.07) is 6.11. The van der Waals surface area contributed by atoms with Crippen LogP contribution in [0.2, 0.25) is 0 Å². The van der Waals surface area contributed by atoms with E-state index in [-0.39, 0.29) is 11.8 Å². The van der Waals surface area contributed by atoms with Crippen LogP contribution in [0.25, 0.3) is 0 Å². The molecule has 1 aromatic carbocycles. The first-order valence-electron chi connectivity index (χ1n) is 6.60. The Labute approximate surface area is 120 Å². The monoisotopic (exact) mass is 294 g/mol. The van der Waals surface area contributed by atoms with Gasteiger partial charge in [0.1, 0.15) is 6.04 Å². The van der Waals surface area contributed by atoms with Gasteiger partial charge < -0.3 is 10.6 Å². The zero-order valence-electron chi connectivity index (χ0n) is 11.3. The summed E-state index contributed by atoms with van der Waals surface area (Å²) in [7, 11) is -1.06. The van der Waals surface area contributed by atoms with E-state index in [1.807, 2.05) is 0 Å². The molecule has 2 amide bonds. The molecule has 2 atom stereocenters. The van der Waals surface area contributed by atoms with Gasteiger partial charge in [0.05, 0.1) is 0 Å². The fraction of sp³-hybridized carbons (Fsp3) is 0.429. The fourth-order valence-electron chi connectivity index (χ4n) is 2.12. The van der Waals surface area contributed by atoms with Crippen LogP contribution >= 0.6 is 0 Å². The molecule has 1 aliphatic heterocycles. The van der Waals surface area contributed by atoms with Gasteiger partial charge in [-0.2, -0.15) is 0 Å². The first-order valence-corrected chi connectivity index (χ1v) is 8.16. The number of amides is 2. The lowest BCUT2D eigenvalue weighted by Gasteiger charge is -2.15. The van der Waals surface area contributed by atoms with Crippen molar-refractivity contribution in [1.29, 1.82) is 0 Å². The van der Waals surface area contributed by atoms with Crippen LogP contribution in [0.1, 0.15) is 29.6 Å². The minimum absolute atomic E-state index is 0.123. The standard InChI is InChI=1S/C14H18N2O3S/c1-20(19)11-7-5-10(6-8-11)13(17)16-12-4-2-3-9-15-14(12)18/h5-8,12H,2-4,9H2,1H3,(H,15,18)(H,16,17)/t12-,20+/m0/s1. The lowest BCUT2D eigenvalue weighted by atomic mass is 10.1. The molecule has 2 N–H and O–H groups in total. The molecule has 0 unspecified atom stereocenters. The summed E-state index contributed by atoms with van der Waals surface area (Å²) >= 11 is 0. The normalized spacial score (nSPS) is 20.6. The largest absolute Gasteiger partial charge is 0.354 e. The van der Waals surface area contributed by atoms with Crippen LogP contribution in [0.3, 0.4) is 0 Å². The third-order valence-electron chi connectivity index (χ3n) is 3.29. The van der Waals surface area contributed by atoms with E-state index in [1.165, 1.54) is 0 Å². The molecule has 1 heterocycles. The highest BCUT2D eigenvalue weighted by Crippen LogP contribution is 2.10. The highest BCUT2D eigenvalue weighted by molar-refractivity contribution is 7.84. The number of hydrogen-bond donors (Lipinski definition) is 2. The first kappa shape index (κ1) is 14.7. The number of carbonyl (C=O) groups is 2. The molecule has 20 heavy (non-hydrogen) atoms. The predicted octanol–water partition coefficient (Wildman–Crippen LogP) is 0.822. The van der Waals surface area contributed by atoms with Crippen molar-refractivity contribution in [1.82, 2.24) is 10.6 Å². The number of carbonyl (C=O) groups excluding carboxylic acids is 2. The smallest absolute Gasteiger partial charge is 0.251 e. The Hall–Kier alpha value is -1.69. The van der Waals surface area contributed by atoms with Crippen LogP contribution in [0, 0.1) is 0 Å². The molecule has 1 saturated heterocycles. The molecular weight excluding hydrogens is 276 g/mol. The minimum Gasteiger partial charge on any atom is -0.354 e. The number of nitrogens with one attached hydrogen (secondary N) is 2. The molecular formula is C14H18N2O3S. The molecule has 0 bridgehead atoms. The second kappa shape index (κ2) is 6.65. The van der Waals surface area contributed by atoms with Gasteiger partial charge in [-0.3, -0.25) is 13.8 Å². The SMILES string of the molecule is C[S@@](=O)c1ccc(C(=O)N[C@H]2CCCCNC2=O)cc1. The van der Waals surface area contributed by atoms with E-state index >= 15 is 0 Å². The third kappa shape index (κ3) is 3.66. The average molecular weight is 294 g/mol. The Kier molecular flexibility index (Phi) is 4.89. The van der Waals surface area contributed by atoms with E-state index in [1.54, 1.807) is 30.5 Å². The van der Waals surface area contributed by atoms with Gasteiger partial charge in [0.2, 0.25) is 5.91 Å². The Morgan fingerprint density at radius 2 is 2.00 bits per heavy atom. The minimum atomic E-state index is -1.06. The Bertz CT molecular complexity index is 528. The Balaban J connectivity index is 2.03. The van der Waals surface area contributed by atoms with Gasteiger partial charge in [0.15, 0.2) is 0 Å². The molecule has 5 nitrogen and oxygen atoms in total. The van der Waals surface area contributed by atoms with Gasteiger partial charge in [-0.05, 0) is 43.5 Å². The highest BCUT2D eigenvalue weighted by Gasteiger charge is 2.22. The summed E-state index contributed by atoms with van der Waals surface area (Å²) in [6.45, 7) is 0.669. The van der Waals surface area contributed by atoms with Crippen molar-refractivity contribution in [2.24, 2.45) is 0 Å². The number of rotatable bonds is 3. The summed E-state index contributed by atoms with van der Waals surface area (Å²) < 4.78 is 11.3. The molecule has 6 heteroatoms. The van der Waals surface area contributed by atoms with Gasteiger partial charge in [0.25, 0.3) is 5.91 Å². The topological polar surface area (TPSA) is 75.3 Å². The molecule has 2 rings (SSSR count). The second-order valence-electron chi connectivity index (χ2n) is 4.79. The Morgan fingerprint density at radius 3 is 2.65 bits per heavy atom. The van der Waals surface area contributed by atoms with E-state index in [0.29, 0.717) is 23.4 Å². The van der Waals surface area contributed by atoms with E-state index in [0.717, 1.165) is 12.8 Å². The van der Waals surface area contributed by atoms with Crippen LogP contribution < -0.4 is 10.6 Å². The van der Waals surface area contributed by atoms with Gasteiger partial charge in [0, 0.05) is 34.1 Å². The summed E-state index contributed by atoms with van der Waals surface area (Å²) in [5.74, 6) is -0.400. The molecule has 0 radical (unpaired) electrons. The van der Waals surface area contributed by atoms with Gasteiger partial charge in [-0.1, -0.05) is 0 Å². The Morgan fingerprint density at radius 1 is 1.30 bits per heavy atom. The molecule has 0 saturated carbocycles. The van der Waals surface area contributed by atoms with E-state index < -0.39 is 16.8 Å². The van der Waals surface area contributed by atoms with Gasteiger partial charge >= 0.3 is 0 Å². The van der Waals surface area contributed by atoms with Crippen molar-refractivity contribution in [2.75, 3.05) is 12.8 Å². The van der Waals surface area contributed by atoms with E-state index in [9.17, 15) is 13.8 Å². The van der Waals surface area contributed by atoms with Crippen molar-refractivity contribution in [3.05, 3.63) is 29.8 Å². The predicted molar refractivity (Wildman–Crippen MR) is 76.9 cm³/mol. The van der Waals surface area contributed by atoms with Crippen molar-refractivity contribution < 1.29 is 13.8 Å². The second-order valence-corrected chi connectivity index (χ2v) is 6.17. The van der Waals surface area contributed by atoms with Crippen LogP contribution in [0.15, 0.2) is 29.2 Å². The molecule has 0 aliphatic carbocycles. The molecule has 0 aromatic heterocycles. The number of benzene rings is 1. The maximum absolute atomic E-state index is 12.1. The van der Waals surface area contributed by atoms with Crippen LogP contribution in [0.4, 0.5) is 0 Å². The summed E-state index contributed by atoms with van der Waals surface area (Å²) in [4.78, 5) is 24.5. The fourth-order valence-corrected chi connectivity index (χ4v) is 2.64. The van der Waals surface area contributed by atoms with Crippen molar-refractivity contribution >= 4 is 22.6 Å². The lowest BCUT2D eigenvalue weighted by Crippen LogP contribution is -2.45. The third-order valence-corrected chi connectivity index (χ3v) is 4.23. The van der Waals surface area contributed by atoms with Gasteiger partial charge in [-0.25, -0.2) is 0 Å². The van der Waals surface area contributed by atoms with Crippen LogP contribution in [-0.2, 0) is 15.6 Å². The molecule has 1 aromatic rings. The van der Waals surface area contributed by atoms with E-state index in [4.69, 9.17) is 0 Å². The summed E-state index contributed by atoms with van der Waals surface area (Å²) in [5.41, 5.74) is 0.469. The summed E-state index contributed by atoms with van der Waals surface area (Å²) in [6.07, 6.45) is 4.10. The average Bonchev–Trinajstić information content (AvgIpc) is 2.64.